The van der Waals surface area contributed by atoms with Crippen LogP contribution in [0.15, 0.2) is 0 Å². The lowest BCUT2D eigenvalue weighted by molar-refractivity contribution is 0.502. The second-order valence-electron chi connectivity index (χ2n) is 2.62. The van der Waals surface area contributed by atoms with E-state index in [4.69, 9.17) is 17.2 Å². The highest BCUT2D eigenvalue weighted by Crippen LogP contribution is 1.99. The first-order chi connectivity index (χ1) is 4.70. The highest BCUT2D eigenvalue weighted by Gasteiger charge is 2.05. The van der Waals surface area contributed by atoms with Crippen LogP contribution in [0.3, 0.4) is 0 Å². The van der Waals surface area contributed by atoms with E-state index < -0.39 is 0 Å². The standard InChI is InChI=1S/C7H18N3/c1-2-6(9)5-7(10)3-4-8/h6-7H,1-5,8-10H2. The van der Waals surface area contributed by atoms with Crippen molar-refractivity contribution in [3.05, 3.63) is 6.92 Å². The summed E-state index contributed by atoms with van der Waals surface area (Å²) in [7, 11) is 0. The molecule has 0 saturated carbocycles. The van der Waals surface area contributed by atoms with Crippen LogP contribution in [-0.2, 0) is 0 Å². The Labute approximate surface area is 62.9 Å². The molecule has 0 bridgehead atoms. The van der Waals surface area contributed by atoms with Crippen LogP contribution >= 0.6 is 0 Å². The number of rotatable bonds is 5. The first-order valence-corrected chi connectivity index (χ1v) is 3.71. The summed E-state index contributed by atoms with van der Waals surface area (Å²) in [6.07, 6.45) is 2.44. The summed E-state index contributed by atoms with van der Waals surface area (Å²) in [5.74, 6) is 0. The number of nitrogens with two attached hydrogens (primary N) is 3. The average Bonchev–Trinajstić information content (AvgIpc) is 1.88. The maximum atomic E-state index is 5.67. The summed E-state index contributed by atoms with van der Waals surface area (Å²) in [4.78, 5) is 0. The molecule has 0 amide bonds. The highest BCUT2D eigenvalue weighted by atomic mass is 14.7. The smallest absolute Gasteiger partial charge is 0.00655 e. The van der Waals surface area contributed by atoms with Crippen molar-refractivity contribution >= 4 is 0 Å². The van der Waals surface area contributed by atoms with Gasteiger partial charge < -0.3 is 17.2 Å². The normalized spacial score (nSPS) is 16.8. The van der Waals surface area contributed by atoms with Crippen LogP contribution in [-0.4, -0.2) is 18.6 Å². The fraction of sp³-hybridized carbons (Fsp3) is 0.857. The van der Waals surface area contributed by atoms with Gasteiger partial charge in [0, 0.05) is 12.1 Å². The van der Waals surface area contributed by atoms with E-state index in [1.54, 1.807) is 0 Å². The Balaban J connectivity index is 3.27. The van der Waals surface area contributed by atoms with E-state index >= 15 is 0 Å². The number of hydrogen-bond donors (Lipinski definition) is 3. The van der Waals surface area contributed by atoms with E-state index in [-0.39, 0.29) is 12.1 Å². The van der Waals surface area contributed by atoms with Crippen molar-refractivity contribution in [3.8, 4) is 0 Å². The summed E-state index contributed by atoms with van der Waals surface area (Å²) in [5.41, 5.74) is 16.6. The molecule has 1 radical (unpaired) electrons. The predicted molar refractivity (Wildman–Crippen MR) is 44.2 cm³/mol. The Kier molecular flexibility index (Phi) is 5.58. The van der Waals surface area contributed by atoms with E-state index in [1.165, 1.54) is 0 Å². The van der Waals surface area contributed by atoms with Crippen LogP contribution in [0.5, 0.6) is 0 Å². The lowest BCUT2D eigenvalue weighted by Gasteiger charge is -2.14. The Hall–Kier alpha value is -0.120. The molecule has 0 aromatic carbocycles. The zero-order valence-corrected chi connectivity index (χ0v) is 6.42. The first kappa shape index (κ1) is 9.88. The Morgan fingerprint density at radius 3 is 2.20 bits per heavy atom. The molecule has 0 aliphatic heterocycles. The van der Waals surface area contributed by atoms with Gasteiger partial charge in [0.05, 0.1) is 0 Å². The van der Waals surface area contributed by atoms with Gasteiger partial charge in [-0.25, -0.2) is 0 Å². The number of hydrogen-bond acceptors (Lipinski definition) is 3. The summed E-state index contributed by atoms with van der Waals surface area (Å²) in [5, 5.41) is 0. The fourth-order valence-electron chi connectivity index (χ4n) is 0.839. The van der Waals surface area contributed by atoms with Gasteiger partial charge in [-0.2, -0.15) is 0 Å². The highest BCUT2D eigenvalue weighted by molar-refractivity contribution is 4.71. The van der Waals surface area contributed by atoms with Crippen molar-refractivity contribution in [1.29, 1.82) is 0 Å². The van der Waals surface area contributed by atoms with Crippen molar-refractivity contribution < 1.29 is 0 Å². The lowest BCUT2D eigenvalue weighted by Crippen LogP contribution is -2.32. The molecule has 10 heavy (non-hydrogen) atoms. The average molecular weight is 144 g/mol. The molecule has 0 aliphatic carbocycles. The van der Waals surface area contributed by atoms with Gasteiger partial charge in [0.25, 0.3) is 0 Å². The van der Waals surface area contributed by atoms with Gasteiger partial charge in [-0.1, -0.05) is 6.92 Å². The molecule has 0 rings (SSSR count). The van der Waals surface area contributed by atoms with Crippen LogP contribution in [0.2, 0.25) is 0 Å². The minimum atomic E-state index is 0.140. The third-order valence-electron chi connectivity index (χ3n) is 1.51. The molecule has 3 heteroatoms. The third kappa shape index (κ3) is 4.73. The largest absolute Gasteiger partial charge is 0.330 e. The van der Waals surface area contributed by atoms with Crippen LogP contribution in [0.1, 0.15) is 19.3 Å². The van der Waals surface area contributed by atoms with Gasteiger partial charge in [-0.3, -0.25) is 0 Å². The molecule has 0 aromatic heterocycles. The summed E-state index contributed by atoms with van der Waals surface area (Å²) >= 11 is 0. The van der Waals surface area contributed by atoms with Gasteiger partial charge >= 0.3 is 0 Å². The molecule has 0 aromatic rings. The summed E-state index contributed by atoms with van der Waals surface area (Å²) in [6.45, 7) is 4.33. The lowest BCUT2D eigenvalue weighted by atomic mass is 10.0. The van der Waals surface area contributed by atoms with Gasteiger partial charge in [0.2, 0.25) is 0 Å². The SMILES string of the molecule is [CH2]CC(N)CC(N)CCN. The molecule has 2 unspecified atom stereocenters. The second kappa shape index (κ2) is 5.65. The van der Waals surface area contributed by atoms with Crippen LogP contribution in [0.4, 0.5) is 0 Å². The van der Waals surface area contributed by atoms with Crippen molar-refractivity contribution in [3.63, 3.8) is 0 Å². The van der Waals surface area contributed by atoms with Crippen LogP contribution in [0.25, 0.3) is 0 Å². The maximum absolute atomic E-state index is 5.67. The van der Waals surface area contributed by atoms with Gasteiger partial charge in [-0.15, -0.1) is 0 Å². The molecule has 61 valence electrons. The van der Waals surface area contributed by atoms with Crippen LogP contribution < -0.4 is 17.2 Å². The van der Waals surface area contributed by atoms with E-state index in [1.807, 2.05) is 0 Å². The Morgan fingerprint density at radius 2 is 1.80 bits per heavy atom. The minimum absolute atomic E-state index is 0.140. The van der Waals surface area contributed by atoms with E-state index in [0.29, 0.717) is 6.54 Å². The van der Waals surface area contributed by atoms with Crippen LogP contribution in [0, 0.1) is 6.92 Å². The maximum Gasteiger partial charge on any atom is 0.00655 e. The molecule has 2 atom stereocenters. The quantitative estimate of drug-likeness (QED) is 0.491. The van der Waals surface area contributed by atoms with E-state index in [0.717, 1.165) is 19.3 Å². The zero-order chi connectivity index (χ0) is 7.98. The molecule has 0 aliphatic rings. The minimum Gasteiger partial charge on any atom is -0.330 e. The molecule has 6 N–H and O–H groups in total. The van der Waals surface area contributed by atoms with Crippen molar-refractivity contribution in [2.75, 3.05) is 6.54 Å². The second-order valence-corrected chi connectivity index (χ2v) is 2.62. The third-order valence-corrected chi connectivity index (χ3v) is 1.51. The van der Waals surface area contributed by atoms with Gasteiger partial charge in [0.1, 0.15) is 0 Å². The molecular weight excluding hydrogens is 126 g/mol. The molecule has 0 heterocycles. The van der Waals surface area contributed by atoms with Gasteiger partial charge in [-0.05, 0) is 25.8 Å². The first-order valence-electron chi connectivity index (χ1n) is 3.71. The molecule has 0 saturated heterocycles. The zero-order valence-electron chi connectivity index (χ0n) is 6.42. The van der Waals surface area contributed by atoms with E-state index in [9.17, 15) is 0 Å². The molecular formula is C7H18N3. The molecule has 0 fully saturated rings. The predicted octanol–water partition coefficient (Wildman–Crippen LogP) is -0.396. The Morgan fingerprint density at radius 1 is 1.20 bits per heavy atom. The molecule has 3 nitrogen and oxygen atoms in total. The molecule has 0 spiro atoms. The van der Waals surface area contributed by atoms with Crippen molar-refractivity contribution in [1.82, 2.24) is 0 Å². The fourth-order valence-corrected chi connectivity index (χ4v) is 0.839. The summed E-state index contributed by atoms with van der Waals surface area (Å²) in [6, 6.07) is 0.295. The van der Waals surface area contributed by atoms with Crippen molar-refractivity contribution in [2.24, 2.45) is 17.2 Å². The summed E-state index contributed by atoms with van der Waals surface area (Å²) < 4.78 is 0. The van der Waals surface area contributed by atoms with Crippen molar-refractivity contribution in [2.45, 2.75) is 31.3 Å². The van der Waals surface area contributed by atoms with Gasteiger partial charge in [0.15, 0.2) is 0 Å². The van der Waals surface area contributed by atoms with E-state index in [2.05, 4.69) is 6.92 Å². The Bertz CT molecular complexity index is 75.3. The topological polar surface area (TPSA) is 78.1 Å². The monoisotopic (exact) mass is 144 g/mol.